The van der Waals surface area contributed by atoms with Gasteiger partial charge in [0.15, 0.2) is 5.13 Å². The largest absolute Gasteiger partial charge is 0.383 e. The number of aromatic nitrogens is 1. The predicted molar refractivity (Wildman–Crippen MR) is 110 cm³/mol. The molecule has 152 valence electrons. The molecule has 10 heteroatoms. The van der Waals surface area contributed by atoms with E-state index >= 15 is 0 Å². The second-order valence-corrected chi connectivity index (χ2v) is 10.3. The van der Waals surface area contributed by atoms with Crippen LogP contribution in [0.25, 0.3) is 0 Å². The van der Waals surface area contributed by atoms with Crippen LogP contribution in [0, 0.1) is 11.7 Å². The lowest BCUT2D eigenvalue weighted by atomic mass is 9.98. The summed E-state index contributed by atoms with van der Waals surface area (Å²) in [4.78, 5) is 5.92. The number of hydrogen-bond acceptors (Lipinski definition) is 6. The van der Waals surface area contributed by atoms with E-state index in [2.05, 4.69) is 26.8 Å². The zero-order valence-electron chi connectivity index (χ0n) is 15.4. The van der Waals surface area contributed by atoms with Gasteiger partial charge in [0, 0.05) is 30.2 Å². The molecule has 0 spiro atoms. The summed E-state index contributed by atoms with van der Waals surface area (Å²) in [5.74, 6) is -0.363. The third-order valence-electron chi connectivity index (χ3n) is 5.69. The molecular weight excluding hydrogens is 423 g/mol. The summed E-state index contributed by atoms with van der Waals surface area (Å²) in [6.07, 6.45) is 4.98. The van der Waals surface area contributed by atoms with Gasteiger partial charge in [-0.05, 0) is 50.8 Å². The van der Waals surface area contributed by atoms with Crippen molar-refractivity contribution >= 4 is 43.8 Å². The molecule has 2 N–H and O–H groups in total. The van der Waals surface area contributed by atoms with E-state index < -0.39 is 20.7 Å². The van der Waals surface area contributed by atoms with Crippen molar-refractivity contribution < 1.29 is 12.8 Å². The smallest absolute Gasteiger partial charge is 0.266 e. The molecule has 1 aromatic heterocycles. The Hall–Kier alpha value is -1.42. The molecule has 2 saturated heterocycles. The number of anilines is 2. The van der Waals surface area contributed by atoms with Gasteiger partial charge in [0.2, 0.25) is 0 Å². The van der Waals surface area contributed by atoms with Crippen LogP contribution in [0.5, 0.6) is 0 Å². The Morgan fingerprint density at radius 2 is 2.18 bits per heavy atom. The molecule has 0 saturated carbocycles. The molecule has 6 nitrogen and oxygen atoms in total. The lowest BCUT2D eigenvalue weighted by Gasteiger charge is -2.23. The maximum Gasteiger partial charge on any atom is 0.266 e. The third-order valence-corrected chi connectivity index (χ3v) is 8.18. The van der Waals surface area contributed by atoms with E-state index in [0.29, 0.717) is 30.2 Å². The van der Waals surface area contributed by atoms with Crippen molar-refractivity contribution in [3.8, 4) is 0 Å². The van der Waals surface area contributed by atoms with Crippen LogP contribution in [0.3, 0.4) is 0 Å². The summed E-state index contributed by atoms with van der Waals surface area (Å²) < 4.78 is 41.7. The van der Waals surface area contributed by atoms with Gasteiger partial charge >= 0.3 is 0 Å². The molecular formula is C18H22ClFN4O2S2. The summed E-state index contributed by atoms with van der Waals surface area (Å²) in [5, 5.41) is 5.20. The fourth-order valence-corrected chi connectivity index (χ4v) is 6.43. The predicted octanol–water partition coefficient (Wildman–Crippen LogP) is 4.02. The van der Waals surface area contributed by atoms with Crippen molar-refractivity contribution in [3.63, 3.8) is 0 Å². The van der Waals surface area contributed by atoms with Gasteiger partial charge in [0.1, 0.15) is 10.7 Å². The van der Waals surface area contributed by atoms with Crippen LogP contribution in [-0.2, 0) is 10.0 Å². The zero-order chi connectivity index (χ0) is 19.9. The second-order valence-electron chi connectivity index (χ2n) is 7.37. The van der Waals surface area contributed by atoms with Crippen LogP contribution in [0.15, 0.2) is 28.6 Å². The highest BCUT2D eigenvalue weighted by Gasteiger charge is 2.40. The SMILES string of the molecule is CC1CCC2[C@H](CNc3cc(F)c(S(=O)(=O)Nc4nccs4)cc3Cl)CCN12. The minimum absolute atomic E-state index is 0.175. The molecule has 28 heavy (non-hydrogen) atoms. The number of nitrogens with zero attached hydrogens (tertiary/aromatic N) is 2. The van der Waals surface area contributed by atoms with E-state index in [1.165, 1.54) is 19.0 Å². The summed E-state index contributed by atoms with van der Waals surface area (Å²) in [5.41, 5.74) is 0.414. The molecule has 2 aromatic rings. The first-order valence-electron chi connectivity index (χ1n) is 9.26. The van der Waals surface area contributed by atoms with E-state index in [1.54, 1.807) is 5.38 Å². The Labute approximate surface area is 173 Å². The van der Waals surface area contributed by atoms with Gasteiger partial charge < -0.3 is 5.32 Å². The van der Waals surface area contributed by atoms with Crippen LogP contribution in [0.2, 0.25) is 5.02 Å². The second kappa shape index (κ2) is 7.78. The highest BCUT2D eigenvalue weighted by molar-refractivity contribution is 7.93. The number of benzene rings is 1. The maximum atomic E-state index is 14.6. The van der Waals surface area contributed by atoms with Crippen LogP contribution in [0.1, 0.15) is 26.2 Å². The Kier molecular flexibility index (Phi) is 5.52. The van der Waals surface area contributed by atoms with E-state index in [-0.39, 0.29) is 10.2 Å². The molecule has 0 aliphatic carbocycles. The fourth-order valence-electron chi connectivity index (χ4n) is 4.26. The quantitative estimate of drug-likeness (QED) is 0.703. The van der Waals surface area contributed by atoms with Crippen LogP contribution in [-0.4, -0.2) is 43.5 Å². The van der Waals surface area contributed by atoms with Gasteiger partial charge in [0.05, 0.1) is 10.7 Å². The van der Waals surface area contributed by atoms with E-state index in [9.17, 15) is 12.8 Å². The molecule has 0 bridgehead atoms. The molecule has 2 aliphatic rings. The minimum atomic E-state index is -4.10. The zero-order valence-corrected chi connectivity index (χ0v) is 17.7. The lowest BCUT2D eigenvalue weighted by Crippen LogP contribution is -2.33. The first-order chi connectivity index (χ1) is 13.3. The monoisotopic (exact) mass is 444 g/mol. The Morgan fingerprint density at radius 3 is 2.93 bits per heavy atom. The first-order valence-corrected chi connectivity index (χ1v) is 12.0. The number of fused-ring (bicyclic) bond motifs is 1. The summed E-state index contributed by atoms with van der Waals surface area (Å²) in [6.45, 7) is 4.05. The highest BCUT2D eigenvalue weighted by atomic mass is 35.5. The average Bonchev–Trinajstić information content (AvgIpc) is 3.35. The number of hydrogen-bond donors (Lipinski definition) is 2. The Bertz CT molecular complexity index is 955. The van der Waals surface area contributed by atoms with Gasteiger partial charge in [-0.2, -0.15) is 0 Å². The first kappa shape index (κ1) is 19.9. The standard InChI is InChI=1S/C18H22ClFN4O2S2/c1-11-2-3-16-12(4-6-24(11)16)10-22-15-9-14(20)17(8-13(15)19)28(25,26)23-18-21-5-7-27-18/h5,7-9,11-12,16,22H,2-4,6,10H2,1H3,(H,21,23)/t11?,12-,16?/m0/s1. The van der Waals surface area contributed by atoms with Crippen molar-refractivity contribution in [1.82, 2.24) is 9.88 Å². The average molecular weight is 445 g/mol. The number of nitrogens with one attached hydrogen (secondary N) is 2. The fraction of sp³-hybridized carbons (Fsp3) is 0.500. The van der Waals surface area contributed by atoms with Gasteiger partial charge in [-0.1, -0.05) is 11.6 Å². The van der Waals surface area contributed by atoms with Crippen molar-refractivity contribution in [1.29, 1.82) is 0 Å². The van der Waals surface area contributed by atoms with Crippen LogP contribution in [0.4, 0.5) is 15.2 Å². The number of halogens is 2. The topological polar surface area (TPSA) is 74.3 Å². The lowest BCUT2D eigenvalue weighted by molar-refractivity contribution is 0.242. The summed E-state index contributed by atoms with van der Waals surface area (Å²) >= 11 is 7.38. The van der Waals surface area contributed by atoms with Crippen molar-refractivity contribution in [2.24, 2.45) is 5.92 Å². The summed E-state index contributed by atoms with van der Waals surface area (Å²) in [7, 11) is -4.10. The van der Waals surface area contributed by atoms with Crippen molar-refractivity contribution in [2.45, 2.75) is 43.2 Å². The van der Waals surface area contributed by atoms with Gasteiger partial charge in [-0.3, -0.25) is 9.62 Å². The Balaban J connectivity index is 1.47. The molecule has 0 radical (unpaired) electrons. The molecule has 2 aliphatic heterocycles. The molecule has 3 heterocycles. The van der Waals surface area contributed by atoms with Crippen molar-refractivity contribution in [3.05, 3.63) is 34.5 Å². The van der Waals surface area contributed by atoms with E-state index in [1.807, 2.05) is 0 Å². The van der Waals surface area contributed by atoms with Gasteiger partial charge in [-0.25, -0.2) is 17.8 Å². The summed E-state index contributed by atoms with van der Waals surface area (Å²) in [6, 6.07) is 3.50. The molecule has 4 rings (SSSR count). The number of thiazole rings is 1. The molecule has 1 aromatic carbocycles. The normalized spacial score (nSPS) is 25.0. The molecule has 2 fully saturated rings. The van der Waals surface area contributed by atoms with Gasteiger partial charge in [-0.15, -0.1) is 11.3 Å². The van der Waals surface area contributed by atoms with Crippen molar-refractivity contribution in [2.75, 3.05) is 23.1 Å². The number of rotatable bonds is 6. The van der Waals surface area contributed by atoms with Crippen LogP contribution < -0.4 is 10.0 Å². The van der Waals surface area contributed by atoms with Gasteiger partial charge in [0.25, 0.3) is 10.0 Å². The Morgan fingerprint density at radius 1 is 1.36 bits per heavy atom. The van der Waals surface area contributed by atoms with E-state index in [4.69, 9.17) is 11.6 Å². The molecule has 0 amide bonds. The highest BCUT2D eigenvalue weighted by Crippen LogP contribution is 2.37. The molecule has 2 unspecified atom stereocenters. The van der Waals surface area contributed by atoms with E-state index in [0.717, 1.165) is 36.4 Å². The third kappa shape index (κ3) is 3.85. The minimum Gasteiger partial charge on any atom is -0.383 e. The number of sulfonamides is 1. The molecule has 3 atom stereocenters. The maximum absolute atomic E-state index is 14.6. The van der Waals surface area contributed by atoms with Crippen LogP contribution >= 0.6 is 22.9 Å².